The minimum absolute atomic E-state index is 0.0382. The molecule has 13 heavy (non-hydrogen) atoms. The van der Waals surface area contributed by atoms with Crippen LogP contribution < -0.4 is 5.73 Å². The first-order valence-corrected chi connectivity index (χ1v) is 4.28. The summed E-state index contributed by atoms with van der Waals surface area (Å²) < 4.78 is 0. The molecule has 0 aromatic heterocycles. The van der Waals surface area contributed by atoms with Gasteiger partial charge in [-0.15, -0.1) is 0 Å². The van der Waals surface area contributed by atoms with E-state index in [9.17, 15) is 4.79 Å². The van der Waals surface area contributed by atoms with E-state index in [1.54, 1.807) is 19.0 Å². The zero-order chi connectivity index (χ0) is 10.4. The van der Waals surface area contributed by atoms with Crippen LogP contribution in [0.5, 0.6) is 0 Å². The number of hydrogen-bond acceptors (Lipinski definition) is 2. The minimum atomic E-state index is -0.0382. The summed E-state index contributed by atoms with van der Waals surface area (Å²) in [5.74, 6) is 0.116. The fourth-order valence-corrected chi connectivity index (χ4v) is 0.927. The van der Waals surface area contributed by atoms with Gasteiger partial charge in [-0.1, -0.05) is 0 Å². The Morgan fingerprint density at radius 2 is 2.00 bits per heavy atom. The monoisotopic (exact) mass is 186 g/mol. The van der Waals surface area contributed by atoms with Crippen molar-refractivity contribution < 1.29 is 4.79 Å². The molecule has 0 atom stereocenters. The highest BCUT2D eigenvalue weighted by Crippen LogP contribution is 1.96. The average Bonchev–Trinajstić information content (AvgIpc) is 2.04. The Bertz CT molecular complexity index is 191. The van der Waals surface area contributed by atoms with Gasteiger partial charge in [0, 0.05) is 33.6 Å². The predicted octanol–water partition coefficient (Wildman–Crippen LogP) is 0.316. The van der Waals surface area contributed by atoms with Crippen molar-refractivity contribution in [3.63, 3.8) is 0 Å². The van der Waals surface area contributed by atoms with Crippen molar-refractivity contribution in [2.75, 3.05) is 27.2 Å². The number of nitrogens with zero attached hydrogens (tertiary/aromatic N) is 2. The lowest BCUT2D eigenvalue weighted by Crippen LogP contribution is -2.40. The number of urea groups is 1. The molecule has 0 saturated heterocycles. The summed E-state index contributed by atoms with van der Waals surface area (Å²) >= 11 is 0. The van der Waals surface area contributed by atoms with E-state index in [0.29, 0.717) is 19.5 Å². The summed E-state index contributed by atoms with van der Waals surface area (Å²) in [5, 5.41) is 7.04. The van der Waals surface area contributed by atoms with E-state index < -0.39 is 0 Å². The van der Waals surface area contributed by atoms with E-state index in [1.807, 2.05) is 6.92 Å². The van der Waals surface area contributed by atoms with Crippen LogP contribution in [0.25, 0.3) is 0 Å². The largest absolute Gasteiger partial charge is 0.388 e. The van der Waals surface area contributed by atoms with E-state index in [4.69, 9.17) is 11.1 Å². The van der Waals surface area contributed by atoms with E-state index in [0.717, 1.165) is 0 Å². The maximum Gasteiger partial charge on any atom is 0.319 e. The third kappa shape index (κ3) is 4.35. The summed E-state index contributed by atoms with van der Waals surface area (Å²) in [6.07, 6.45) is 0.438. The molecule has 2 amide bonds. The highest BCUT2D eigenvalue weighted by atomic mass is 16.2. The molecule has 5 nitrogen and oxygen atoms in total. The molecule has 0 bridgehead atoms. The number of hydrogen-bond donors (Lipinski definition) is 2. The first-order valence-electron chi connectivity index (χ1n) is 4.28. The van der Waals surface area contributed by atoms with Crippen LogP contribution in [0, 0.1) is 5.41 Å². The van der Waals surface area contributed by atoms with E-state index >= 15 is 0 Å². The highest BCUT2D eigenvalue weighted by molar-refractivity contribution is 5.78. The topological polar surface area (TPSA) is 73.4 Å². The van der Waals surface area contributed by atoms with Gasteiger partial charge in [0.2, 0.25) is 0 Å². The zero-order valence-electron chi connectivity index (χ0n) is 8.50. The molecule has 0 aromatic rings. The fourth-order valence-electron chi connectivity index (χ4n) is 0.927. The molecule has 5 heteroatoms. The van der Waals surface area contributed by atoms with Crippen LogP contribution in [-0.4, -0.2) is 48.9 Å². The quantitative estimate of drug-likeness (QED) is 0.490. The third-order valence-corrected chi connectivity index (χ3v) is 1.69. The van der Waals surface area contributed by atoms with Crippen molar-refractivity contribution >= 4 is 11.9 Å². The number of nitrogens with one attached hydrogen (secondary N) is 1. The SMILES string of the molecule is CCN(CCC(=N)N)C(=O)N(C)C. The zero-order valence-corrected chi connectivity index (χ0v) is 8.50. The molecule has 0 radical (unpaired) electrons. The van der Waals surface area contributed by atoms with Gasteiger partial charge in [-0.25, -0.2) is 4.79 Å². The molecular weight excluding hydrogens is 168 g/mol. The Morgan fingerprint density at radius 3 is 2.31 bits per heavy atom. The first kappa shape index (κ1) is 11.7. The van der Waals surface area contributed by atoms with Crippen molar-refractivity contribution in [1.29, 1.82) is 5.41 Å². The fraction of sp³-hybridized carbons (Fsp3) is 0.750. The minimum Gasteiger partial charge on any atom is -0.388 e. The molecule has 0 fully saturated rings. The molecule has 76 valence electrons. The number of amides is 2. The summed E-state index contributed by atoms with van der Waals surface area (Å²) in [6, 6.07) is -0.0382. The van der Waals surface area contributed by atoms with Gasteiger partial charge in [0.25, 0.3) is 0 Å². The lowest BCUT2D eigenvalue weighted by atomic mass is 10.3. The van der Waals surface area contributed by atoms with Crippen LogP contribution in [0.4, 0.5) is 4.79 Å². The molecule has 0 saturated carbocycles. The summed E-state index contributed by atoms with van der Waals surface area (Å²) in [6.45, 7) is 3.06. The number of nitrogens with two attached hydrogens (primary N) is 1. The second-order valence-electron chi connectivity index (χ2n) is 3.03. The van der Waals surface area contributed by atoms with Crippen LogP contribution in [0.15, 0.2) is 0 Å². The maximum absolute atomic E-state index is 11.4. The van der Waals surface area contributed by atoms with Crippen LogP contribution in [0.3, 0.4) is 0 Å². The standard InChI is InChI=1S/C8H18N4O/c1-4-12(6-5-7(9)10)8(13)11(2)3/h4-6H2,1-3H3,(H3,9,10). The van der Waals surface area contributed by atoms with Gasteiger partial charge >= 0.3 is 6.03 Å². The van der Waals surface area contributed by atoms with E-state index in [2.05, 4.69) is 0 Å². The van der Waals surface area contributed by atoms with Crippen molar-refractivity contribution in [2.45, 2.75) is 13.3 Å². The van der Waals surface area contributed by atoms with Crippen LogP contribution >= 0.6 is 0 Å². The molecule has 0 aliphatic heterocycles. The Hall–Kier alpha value is -1.26. The maximum atomic E-state index is 11.4. The van der Waals surface area contributed by atoms with Crippen molar-refractivity contribution in [3.8, 4) is 0 Å². The summed E-state index contributed by atoms with van der Waals surface area (Å²) in [4.78, 5) is 14.6. The number of amidine groups is 1. The molecule has 0 spiro atoms. The lowest BCUT2D eigenvalue weighted by molar-refractivity contribution is 0.175. The van der Waals surface area contributed by atoms with E-state index in [-0.39, 0.29) is 11.9 Å². The number of rotatable bonds is 4. The van der Waals surface area contributed by atoms with Gasteiger partial charge in [-0.3, -0.25) is 5.41 Å². The molecular formula is C8H18N4O. The predicted molar refractivity (Wildman–Crippen MR) is 52.9 cm³/mol. The average molecular weight is 186 g/mol. The van der Waals surface area contributed by atoms with Gasteiger partial charge in [0.15, 0.2) is 0 Å². The molecule has 0 heterocycles. The Balaban J connectivity index is 4.02. The van der Waals surface area contributed by atoms with Gasteiger partial charge < -0.3 is 15.5 Å². The molecule has 0 aliphatic carbocycles. The molecule has 0 aliphatic rings. The van der Waals surface area contributed by atoms with Crippen LogP contribution in [0.1, 0.15) is 13.3 Å². The highest BCUT2D eigenvalue weighted by Gasteiger charge is 2.12. The van der Waals surface area contributed by atoms with Gasteiger partial charge in [0.1, 0.15) is 0 Å². The first-order chi connectivity index (χ1) is 5.99. The Morgan fingerprint density at radius 1 is 1.46 bits per heavy atom. The molecule has 0 aromatic carbocycles. The van der Waals surface area contributed by atoms with Crippen molar-refractivity contribution in [3.05, 3.63) is 0 Å². The smallest absolute Gasteiger partial charge is 0.319 e. The third-order valence-electron chi connectivity index (χ3n) is 1.69. The second-order valence-corrected chi connectivity index (χ2v) is 3.03. The summed E-state index contributed by atoms with van der Waals surface area (Å²) in [5.41, 5.74) is 5.20. The number of carbonyl (C=O) groups excluding carboxylic acids is 1. The van der Waals surface area contributed by atoms with Crippen LogP contribution in [-0.2, 0) is 0 Å². The lowest BCUT2D eigenvalue weighted by Gasteiger charge is -2.24. The summed E-state index contributed by atoms with van der Waals surface area (Å²) in [7, 11) is 3.41. The van der Waals surface area contributed by atoms with Gasteiger partial charge in [0.05, 0.1) is 5.84 Å². The Labute approximate surface area is 79.0 Å². The van der Waals surface area contributed by atoms with E-state index in [1.165, 1.54) is 4.90 Å². The number of carbonyl (C=O) groups is 1. The van der Waals surface area contributed by atoms with Gasteiger partial charge in [-0.05, 0) is 6.92 Å². The normalized spacial score (nSPS) is 9.46. The van der Waals surface area contributed by atoms with Crippen molar-refractivity contribution in [2.24, 2.45) is 5.73 Å². The molecule has 3 N–H and O–H groups in total. The van der Waals surface area contributed by atoms with Gasteiger partial charge in [-0.2, -0.15) is 0 Å². The second kappa shape index (κ2) is 5.40. The van der Waals surface area contributed by atoms with Crippen molar-refractivity contribution in [1.82, 2.24) is 9.80 Å². The Kier molecular flexibility index (Phi) is 4.87. The molecule has 0 unspecified atom stereocenters. The van der Waals surface area contributed by atoms with Crippen LogP contribution in [0.2, 0.25) is 0 Å². The molecule has 0 rings (SSSR count).